The highest BCUT2D eigenvalue weighted by Gasteiger charge is 2.44. The molecule has 0 radical (unpaired) electrons. The highest BCUT2D eigenvalue weighted by atomic mass is 35.5. The van der Waals surface area contributed by atoms with Gasteiger partial charge in [0.15, 0.2) is 0 Å². The fourth-order valence-corrected chi connectivity index (χ4v) is 3.36. The van der Waals surface area contributed by atoms with E-state index in [1.807, 2.05) is 18.2 Å². The summed E-state index contributed by atoms with van der Waals surface area (Å²) in [6.07, 6.45) is 3.01. The van der Waals surface area contributed by atoms with Crippen LogP contribution in [0.4, 0.5) is 0 Å². The molecule has 1 aromatic rings. The van der Waals surface area contributed by atoms with Gasteiger partial charge in [-0.05, 0) is 56.3 Å². The number of amides is 1. The summed E-state index contributed by atoms with van der Waals surface area (Å²) >= 11 is 6.01. The summed E-state index contributed by atoms with van der Waals surface area (Å²) in [6.45, 7) is 3.17. The molecule has 1 saturated heterocycles. The zero-order chi connectivity index (χ0) is 14.1. The Morgan fingerprint density at radius 1 is 1.38 bits per heavy atom. The molecule has 1 saturated carbocycles. The van der Waals surface area contributed by atoms with E-state index in [-0.39, 0.29) is 24.2 Å². The number of hydrogen-bond donors (Lipinski definition) is 2. The van der Waals surface area contributed by atoms with Gasteiger partial charge in [0.05, 0.1) is 0 Å². The van der Waals surface area contributed by atoms with E-state index in [2.05, 4.69) is 23.6 Å². The van der Waals surface area contributed by atoms with E-state index in [9.17, 15) is 4.79 Å². The number of carbonyl (C=O) groups excluding carboxylic acids is 1. The molecular weight excluding hydrogens is 307 g/mol. The number of rotatable bonds is 3. The van der Waals surface area contributed by atoms with E-state index < -0.39 is 0 Å². The fraction of sp³-hybridized carbons (Fsp3) is 0.562. The van der Waals surface area contributed by atoms with Crippen molar-refractivity contribution in [1.29, 1.82) is 0 Å². The van der Waals surface area contributed by atoms with Crippen molar-refractivity contribution in [2.45, 2.75) is 44.2 Å². The molecule has 0 bridgehead atoms. The lowest BCUT2D eigenvalue weighted by Crippen LogP contribution is -2.47. The molecule has 1 aliphatic heterocycles. The number of carbonyl (C=O) groups is 1. The summed E-state index contributed by atoms with van der Waals surface area (Å²) in [5.74, 6) is 0.709. The smallest absolute Gasteiger partial charge is 0.223 e. The molecular formula is C16H22Cl2N2O. The minimum atomic E-state index is 0. The van der Waals surface area contributed by atoms with Gasteiger partial charge in [0.1, 0.15) is 0 Å². The summed E-state index contributed by atoms with van der Waals surface area (Å²) in [4.78, 5) is 12.3. The summed E-state index contributed by atoms with van der Waals surface area (Å²) < 4.78 is 0. The molecule has 0 aromatic heterocycles. The summed E-state index contributed by atoms with van der Waals surface area (Å²) in [5, 5.41) is 7.37. The topological polar surface area (TPSA) is 41.1 Å². The highest BCUT2D eigenvalue weighted by Crippen LogP contribution is 2.48. The van der Waals surface area contributed by atoms with Gasteiger partial charge in [0.25, 0.3) is 0 Å². The van der Waals surface area contributed by atoms with Crippen LogP contribution in [-0.4, -0.2) is 24.5 Å². The van der Waals surface area contributed by atoms with Crippen molar-refractivity contribution in [2.24, 2.45) is 5.92 Å². The minimum Gasteiger partial charge on any atom is -0.353 e. The first-order valence-corrected chi connectivity index (χ1v) is 7.80. The molecule has 2 fully saturated rings. The van der Waals surface area contributed by atoms with E-state index in [1.165, 1.54) is 5.56 Å². The molecule has 2 aliphatic rings. The van der Waals surface area contributed by atoms with Crippen LogP contribution in [0.1, 0.15) is 37.7 Å². The largest absolute Gasteiger partial charge is 0.353 e. The fourth-order valence-electron chi connectivity index (χ4n) is 3.16. The first-order chi connectivity index (χ1) is 9.63. The van der Waals surface area contributed by atoms with Crippen LogP contribution in [0.2, 0.25) is 5.02 Å². The van der Waals surface area contributed by atoms with E-state index in [0.717, 1.165) is 30.8 Å². The molecule has 4 unspecified atom stereocenters. The van der Waals surface area contributed by atoms with Crippen LogP contribution in [0.15, 0.2) is 24.3 Å². The predicted octanol–water partition coefficient (Wildman–Crippen LogP) is 3.12. The first-order valence-electron chi connectivity index (χ1n) is 7.42. The van der Waals surface area contributed by atoms with Gasteiger partial charge in [-0.25, -0.2) is 0 Å². The number of hydrogen-bond acceptors (Lipinski definition) is 2. The van der Waals surface area contributed by atoms with Gasteiger partial charge >= 0.3 is 0 Å². The molecule has 3 nitrogen and oxygen atoms in total. The molecule has 1 heterocycles. The Bertz CT molecular complexity index is 509. The minimum absolute atomic E-state index is 0. The van der Waals surface area contributed by atoms with Crippen molar-refractivity contribution in [3.05, 3.63) is 34.9 Å². The van der Waals surface area contributed by atoms with E-state index >= 15 is 0 Å². The number of benzene rings is 1. The molecule has 3 rings (SSSR count). The molecule has 21 heavy (non-hydrogen) atoms. The lowest BCUT2D eigenvalue weighted by Gasteiger charge is -2.28. The summed E-state index contributed by atoms with van der Waals surface area (Å²) in [5.41, 5.74) is 1.19. The normalized spacial score (nSPS) is 31.1. The third-order valence-corrected chi connectivity index (χ3v) is 4.61. The maximum Gasteiger partial charge on any atom is 0.223 e. The lowest BCUT2D eigenvalue weighted by molar-refractivity contribution is -0.123. The van der Waals surface area contributed by atoms with Crippen LogP contribution in [0.5, 0.6) is 0 Å². The number of piperidine rings is 1. The number of halogens is 2. The van der Waals surface area contributed by atoms with Crippen molar-refractivity contribution in [3.8, 4) is 0 Å². The van der Waals surface area contributed by atoms with E-state index in [4.69, 9.17) is 11.6 Å². The van der Waals surface area contributed by atoms with Crippen molar-refractivity contribution in [3.63, 3.8) is 0 Å². The molecule has 2 N–H and O–H groups in total. The van der Waals surface area contributed by atoms with Crippen molar-refractivity contribution in [1.82, 2.24) is 10.6 Å². The van der Waals surface area contributed by atoms with Crippen molar-refractivity contribution < 1.29 is 4.79 Å². The third-order valence-electron chi connectivity index (χ3n) is 4.37. The van der Waals surface area contributed by atoms with E-state index in [1.54, 1.807) is 0 Å². The van der Waals surface area contributed by atoms with Gasteiger partial charge in [-0.1, -0.05) is 23.7 Å². The molecule has 0 spiro atoms. The van der Waals surface area contributed by atoms with Crippen LogP contribution in [0, 0.1) is 5.92 Å². The molecule has 116 valence electrons. The van der Waals surface area contributed by atoms with Gasteiger partial charge in [-0.15, -0.1) is 12.4 Å². The standard InChI is InChI=1S/C16H21ClN2O.ClH/c1-10-7-13(5-6-18-10)19-16(20)15-9-14(15)11-3-2-4-12(17)8-11;/h2-4,8,10,13-15,18H,5-7,9H2,1H3,(H,19,20);1H. The Labute approximate surface area is 137 Å². The van der Waals surface area contributed by atoms with Crippen LogP contribution in [0.25, 0.3) is 0 Å². The second kappa shape index (κ2) is 6.99. The van der Waals surface area contributed by atoms with Gasteiger partial charge in [-0.2, -0.15) is 0 Å². The van der Waals surface area contributed by atoms with Gasteiger partial charge < -0.3 is 10.6 Å². The molecule has 1 aromatic carbocycles. The lowest BCUT2D eigenvalue weighted by atomic mass is 10.0. The molecule has 5 heteroatoms. The first kappa shape index (κ1) is 16.6. The molecule has 1 amide bonds. The Balaban J connectivity index is 0.00000161. The maximum atomic E-state index is 12.3. The zero-order valence-electron chi connectivity index (χ0n) is 12.1. The van der Waals surface area contributed by atoms with Crippen LogP contribution in [-0.2, 0) is 4.79 Å². The van der Waals surface area contributed by atoms with Gasteiger partial charge in [0, 0.05) is 23.0 Å². The quantitative estimate of drug-likeness (QED) is 0.895. The SMILES string of the molecule is CC1CC(NC(=O)C2CC2c2cccc(Cl)c2)CCN1.Cl. The predicted molar refractivity (Wildman–Crippen MR) is 88.2 cm³/mol. The highest BCUT2D eigenvalue weighted by molar-refractivity contribution is 6.30. The average molecular weight is 329 g/mol. The van der Waals surface area contributed by atoms with Gasteiger partial charge in [0.2, 0.25) is 5.91 Å². The van der Waals surface area contributed by atoms with Gasteiger partial charge in [-0.3, -0.25) is 4.79 Å². The second-order valence-corrected chi connectivity index (χ2v) is 6.53. The zero-order valence-corrected chi connectivity index (χ0v) is 13.7. The molecule has 4 atom stereocenters. The molecule has 1 aliphatic carbocycles. The number of nitrogens with one attached hydrogen (secondary N) is 2. The Morgan fingerprint density at radius 3 is 2.90 bits per heavy atom. The monoisotopic (exact) mass is 328 g/mol. The Morgan fingerprint density at radius 2 is 2.19 bits per heavy atom. The van der Waals surface area contributed by atoms with Crippen molar-refractivity contribution >= 4 is 29.9 Å². The van der Waals surface area contributed by atoms with Crippen LogP contribution in [0.3, 0.4) is 0 Å². The average Bonchev–Trinajstić information content (AvgIpc) is 3.19. The van der Waals surface area contributed by atoms with Crippen LogP contribution < -0.4 is 10.6 Å². The second-order valence-electron chi connectivity index (χ2n) is 6.09. The maximum absolute atomic E-state index is 12.3. The summed E-state index contributed by atoms with van der Waals surface area (Å²) in [7, 11) is 0. The van der Waals surface area contributed by atoms with Crippen molar-refractivity contribution in [2.75, 3.05) is 6.54 Å². The third kappa shape index (κ3) is 4.12. The summed E-state index contributed by atoms with van der Waals surface area (Å²) in [6, 6.07) is 8.71. The Hall–Kier alpha value is -0.770. The van der Waals surface area contributed by atoms with E-state index in [0.29, 0.717) is 18.0 Å². The Kier molecular flexibility index (Phi) is 5.53. The van der Waals surface area contributed by atoms with Crippen LogP contribution >= 0.6 is 24.0 Å².